The second kappa shape index (κ2) is 30.2. The van der Waals surface area contributed by atoms with E-state index in [9.17, 15) is 9.59 Å². The van der Waals surface area contributed by atoms with Crippen molar-refractivity contribution in [3.05, 3.63) is 165 Å². The minimum Gasteiger partial charge on any atom is -0.494 e. The number of benzene rings is 7. The fourth-order valence-electron chi connectivity index (χ4n) is 8.99. The zero-order valence-corrected chi connectivity index (χ0v) is 48.7. The van der Waals surface area contributed by atoms with Crippen molar-refractivity contribution in [3.8, 4) is 69.0 Å². The molecule has 15 heteroatoms. The number of nitrogens with zero attached hydrogens (tertiary/aromatic N) is 2. The van der Waals surface area contributed by atoms with Gasteiger partial charge in [0.2, 0.25) is 0 Å². The fraction of sp³-hybridized carbons (Fsp3) is 0.353. The number of halogens is 1. The summed E-state index contributed by atoms with van der Waals surface area (Å²) in [5.74, 6) is 4.03. The van der Waals surface area contributed by atoms with E-state index in [1.165, 1.54) is 0 Å². The third kappa shape index (κ3) is 16.5. The quantitative estimate of drug-likeness (QED) is 0.0224. The van der Waals surface area contributed by atoms with Crippen LogP contribution in [0.3, 0.4) is 0 Å². The third-order valence-corrected chi connectivity index (χ3v) is 14.2. The van der Waals surface area contributed by atoms with Gasteiger partial charge in [-0.15, -0.1) is 0 Å². The van der Waals surface area contributed by atoms with E-state index in [0.29, 0.717) is 116 Å². The number of aryl methyl sites for hydroxylation is 2. The molecule has 7 aromatic rings. The predicted molar refractivity (Wildman–Crippen MR) is 320 cm³/mol. The smallest absolute Gasteiger partial charge is 0.343 e. The summed E-state index contributed by atoms with van der Waals surface area (Å²) in [6.45, 7) is 11.5. The van der Waals surface area contributed by atoms with Gasteiger partial charge in [-0.1, -0.05) is 89.2 Å². The summed E-state index contributed by atoms with van der Waals surface area (Å²) < 4.78 is 61.4. The zero-order valence-electron chi connectivity index (χ0n) is 47.9. The topological polar surface area (TPSA) is 151 Å². The van der Waals surface area contributed by atoms with Crippen LogP contribution in [0.2, 0.25) is 5.02 Å². The number of esters is 2. The van der Waals surface area contributed by atoms with E-state index in [0.717, 1.165) is 98.3 Å². The van der Waals surface area contributed by atoms with E-state index < -0.39 is 11.9 Å². The van der Waals surface area contributed by atoms with E-state index >= 15 is 0 Å². The SMILES string of the molecule is CCCCOc1ccc(OCCCCOc2cc3c(cc2OC(=O)c2ccc(CCCC)cc2)Oc2c(Cl)c4c(cc2=N3)Oc2cc(OC(=O)c3ccc(CCCC)cc3)c(OCCCCOc3ccc(OCCCC)cc3)cc2N=4)cc1. The molecule has 9 rings (SSSR count). The van der Waals surface area contributed by atoms with Crippen LogP contribution in [0.1, 0.15) is 137 Å². The highest BCUT2D eigenvalue weighted by Gasteiger charge is 2.27. The minimum absolute atomic E-state index is 0.136. The lowest BCUT2D eigenvalue weighted by molar-refractivity contribution is 0.0718. The fourth-order valence-corrected chi connectivity index (χ4v) is 9.26. The Kier molecular flexibility index (Phi) is 21.6. The highest BCUT2D eigenvalue weighted by Crippen LogP contribution is 2.47. The van der Waals surface area contributed by atoms with E-state index in [1.54, 1.807) is 54.6 Å². The molecule has 0 aromatic heterocycles. The first-order valence-corrected chi connectivity index (χ1v) is 29.7. The first-order valence-electron chi connectivity index (χ1n) is 29.3. The molecule has 0 fully saturated rings. The summed E-state index contributed by atoms with van der Waals surface area (Å²) in [4.78, 5) is 37.4. The van der Waals surface area contributed by atoms with E-state index in [1.807, 2.05) is 72.8 Å². The second-order valence-electron chi connectivity index (χ2n) is 20.4. The number of carbonyl (C=O) groups is 2. The Morgan fingerprint density at radius 3 is 1.22 bits per heavy atom. The van der Waals surface area contributed by atoms with Gasteiger partial charge in [-0.3, -0.25) is 0 Å². The number of hydrogen-bond acceptors (Lipinski definition) is 14. The van der Waals surface area contributed by atoms with Crippen molar-refractivity contribution < 1.29 is 57.0 Å². The number of rotatable bonds is 32. The molecule has 2 aliphatic rings. The van der Waals surface area contributed by atoms with E-state index in [4.69, 9.17) is 69.0 Å². The Hall–Kier alpha value is -8.23. The molecule has 0 N–H and O–H groups in total. The molecule has 434 valence electrons. The summed E-state index contributed by atoms with van der Waals surface area (Å²) in [5.41, 5.74) is 3.87. The molecule has 83 heavy (non-hydrogen) atoms. The average molecular weight is 1150 g/mol. The number of unbranched alkanes of at least 4 members (excludes halogenated alkanes) is 6. The maximum atomic E-state index is 13.7. The normalized spacial score (nSPS) is 11.7. The molecule has 0 spiro atoms. The molecule has 0 unspecified atom stereocenters. The van der Waals surface area contributed by atoms with Gasteiger partial charge in [0.1, 0.15) is 50.1 Å². The van der Waals surface area contributed by atoms with Gasteiger partial charge in [-0.05, 0) is 148 Å². The number of fused-ring (bicyclic) bond motifs is 4. The molecule has 0 atom stereocenters. The average Bonchev–Trinajstić information content (AvgIpc) is 3.70. The molecule has 2 heterocycles. The van der Waals surface area contributed by atoms with Crippen LogP contribution in [0.15, 0.2) is 137 Å². The maximum absolute atomic E-state index is 13.7. The third-order valence-electron chi connectivity index (χ3n) is 13.8. The number of ether oxygens (including phenoxy) is 10. The summed E-state index contributed by atoms with van der Waals surface area (Å²) in [5, 5.41) is 0.791. The highest BCUT2D eigenvalue weighted by atomic mass is 35.5. The Morgan fingerprint density at radius 1 is 0.410 bits per heavy atom. The van der Waals surface area contributed by atoms with Gasteiger partial charge < -0.3 is 47.4 Å². The lowest BCUT2D eigenvalue weighted by Gasteiger charge is -2.22. The van der Waals surface area contributed by atoms with Crippen LogP contribution in [0.4, 0.5) is 11.4 Å². The minimum atomic E-state index is -0.556. The van der Waals surface area contributed by atoms with Gasteiger partial charge in [0.05, 0.1) is 50.8 Å². The van der Waals surface area contributed by atoms with Crippen LogP contribution in [-0.4, -0.2) is 51.6 Å². The molecule has 0 aliphatic carbocycles. The van der Waals surface area contributed by atoms with Gasteiger partial charge in [0, 0.05) is 30.3 Å². The summed E-state index contributed by atoms with van der Waals surface area (Å²) in [6.07, 6.45) is 12.9. The van der Waals surface area contributed by atoms with Crippen LogP contribution in [-0.2, 0) is 12.8 Å². The van der Waals surface area contributed by atoms with Crippen LogP contribution in [0.5, 0.6) is 69.0 Å². The van der Waals surface area contributed by atoms with Gasteiger partial charge in [0.15, 0.2) is 46.0 Å². The highest BCUT2D eigenvalue weighted by molar-refractivity contribution is 6.32. The molecule has 0 amide bonds. The van der Waals surface area contributed by atoms with Crippen molar-refractivity contribution in [1.29, 1.82) is 0 Å². The number of carbonyl (C=O) groups excluding carboxylic acids is 2. The molecule has 7 aromatic carbocycles. The van der Waals surface area contributed by atoms with E-state index in [2.05, 4.69) is 27.7 Å². The molecule has 14 nitrogen and oxygen atoms in total. The van der Waals surface area contributed by atoms with Gasteiger partial charge >= 0.3 is 11.9 Å². The molecule has 2 aliphatic heterocycles. The van der Waals surface area contributed by atoms with Crippen molar-refractivity contribution in [2.45, 2.75) is 118 Å². The Labute approximate surface area is 491 Å². The predicted octanol–water partition coefficient (Wildman–Crippen LogP) is 16.4. The Morgan fingerprint density at radius 2 is 0.795 bits per heavy atom. The zero-order chi connectivity index (χ0) is 57.8. The second-order valence-corrected chi connectivity index (χ2v) is 20.8. The molecule has 0 radical (unpaired) electrons. The Bertz CT molecular complexity index is 3410. The van der Waals surface area contributed by atoms with Crippen molar-refractivity contribution in [3.63, 3.8) is 0 Å². The van der Waals surface area contributed by atoms with Crippen molar-refractivity contribution >= 4 is 34.9 Å². The van der Waals surface area contributed by atoms with Gasteiger partial charge in [-0.25, -0.2) is 19.6 Å². The monoisotopic (exact) mass is 1140 g/mol. The van der Waals surface area contributed by atoms with E-state index in [-0.39, 0.29) is 33.8 Å². The molecule has 0 saturated carbocycles. The molecule has 0 saturated heterocycles. The standard InChI is InChI=1S/C68H73ClN2O12/c1-5-9-17-46-19-23-48(24-20-46)67(72)82-61-44-57-55(42-60(61)79-40-16-14-38-77-53-33-29-51(30-34-53)75-36-12-8-4)71-65-63(80-57)43-56-66(64(65)69)81-58-45-62(83-68(73)49-25-21-47(22-26-49)18-10-6-2)59(41-54(58)70-56)78-39-15-13-37-76-52-31-27-50(28-32-52)74-35-11-7-3/h19-34,41-45H,5-18,35-40H2,1-4H3. The largest absolute Gasteiger partial charge is 0.494 e. The van der Waals surface area contributed by atoms with Crippen molar-refractivity contribution in [2.75, 3.05) is 39.6 Å². The summed E-state index contributed by atoms with van der Waals surface area (Å²) >= 11 is 7.19. The summed E-state index contributed by atoms with van der Waals surface area (Å²) in [7, 11) is 0. The van der Waals surface area contributed by atoms with Crippen molar-refractivity contribution in [1.82, 2.24) is 0 Å². The maximum Gasteiger partial charge on any atom is 0.343 e. The lowest BCUT2D eigenvalue weighted by atomic mass is 10.1. The van der Waals surface area contributed by atoms with Crippen LogP contribution in [0.25, 0.3) is 0 Å². The molecular weight excluding hydrogens is 1070 g/mol. The van der Waals surface area contributed by atoms with Gasteiger partial charge in [-0.2, -0.15) is 0 Å². The van der Waals surface area contributed by atoms with Gasteiger partial charge in [0.25, 0.3) is 0 Å². The van der Waals surface area contributed by atoms with Crippen LogP contribution >= 0.6 is 11.6 Å². The van der Waals surface area contributed by atoms with Crippen molar-refractivity contribution in [2.24, 2.45) is 9.98 Å². The van der Waals surface area contributed by atoms with Crippen LogP contribution < -0.4 is 58.1 Å². The first-order chi connectivity index (χ1) is 40.7. The molecule has 0 bridgehead atoms. The first kappa shape index (κ1) is 59.4. The lowest BCUT2D eigenvalue weighted by Crippen LogP contribution is -2.20. The Balaban J connectivity index is 0.928. The molecular formula is C68H73ClN2O12. The summed E-state index contributed by atoms with van der Waals surface area (Å²) in [6, 6.07) is 38.4. The van der Waals surface area contributed by atoms with Crippen LogP contribution in [0, 0.1) is 0 Å². The number of hydrogen-bond donors (Lipinski definition) is 0.